The van der Waals surface area contributed by atoms with Gasteiger partial charge in [-0.05, 0) is 48.9 Å². The number of rotatable bonds is 3. The van der Waals surface area contributed by atoms with Crippen molar-refractivity contribution in [1.82, 2.24) is 9.97 Å². The molecule has 1 heterocycles. The third kappa shape index (κ3) is 5.98. The van der Waals surface area contributed by atoms with Gasteiger partial charge in [0.25, 0.3) is 0 Å². The van der Waals surface area contributed by atoms with Crippen LogP contribution in [-0.2, 0) is 24.1 Å². The third-order valence-electron chi connectivity index (χ3n) is 6.50. The molecular weight excluding hydrogens is 410 g/mol. The highest BCUT2D eigenvalue weighted by molar-refractivity contribution is 5.92. The number of aryl methyl sites for hydroxylation is 3. The molecule has 3 aromatic rings. The Balaban J connectivity index is 0.000000318. The summed E-state index contributed by atoms with van der Waals surface area (Å²) in [7, 11) is 0. The Labute approximate surface area is 196 Å². The molecule has 2 N–H and O–H groups in total. The summed E-state index contributed by atoms with van der Waals surface area (Å²) in [5, 5.41) is 12.2. The van der Waals surface area contributed by atoms with Gasteiger partial charge in [0.05, 0.1) is 23.5 Å². The van der Waals surface area contributed by atoms with Crippen molar-refractivity contribution >= 4 is 11.7 Å². The van der Waals surface area contributed by atoms with Crippen molar-refractivity contribution in [3.05, 3.63) is 71.0 Å². The van der Waals surface area contributed by atoms with Crippen LogP contribution in [0, 0.1) is 12.8 Å². The van der Waals surface area contributed by atoms with E-state index in [2.05, 4.69) is 29.4 Å². The first-order chi connectivity index (χ1) is 16.0. The SMILES string of the molecule is CC1CCCCC1.Cc1nc2c(nc1NC(=O)Cc1ccc(O)cc1)CCc1ccccc1-2. The highest BCUT2D eigenvalue weighted by Crippen LogP contribution is 2.32. The van der Waals surface area contributed by atoms with Gasteiger partial charge in [0.15, 0.2) is 5.82 Å². The highest BCUT2D eigenvalue weighted by atomic mass is 16.3. The molecule has 5 heteroatoms. The second-order valence-corrected chi connectivity index (χ2v) is 9.24. The van der Waals surface area contributed by atoms with Crippen molar-refractivity contribution in [1.29, 1.82) is 0 Å². The molecule has 33 heavy (non-hydrogen) atoms. The minimum absolute atomic E-state index is 0.149. The average molecular weight is 444 g/mol. The van der Waals surface area contributed by atoms with E-state index >= 15 is 0 Å². The normalized spacial score (nSPS) is 15.0. The van der Waals surface area contributed by atoms with Crippen LogP contribution in [0.1, 0.15) is 61.5 Å². The van der Waals surface area contributed by atoms with Gasteiger partial charge in [-0.25, -0.2) is 9.97 Å². The standard InChI is InChI=1S/C21H19N3O2.C7H14/c1-13-21(24-19(26)12-14-6-9-16(25)10-7-14)23-18-11-8-15-4-2-3-5-17(15)20(18)22-13;1-7-5-3-2-4-6-7/h2-7,9-10,25H,8,11-12H2,1H3,(H,23,24,26);7H,2-6H2,1H3. The maximum Gasteiger partial charge on any atom is 0.229 e. The van der Waals surface area contributed by atoms with E-state index in [9.17, 15) is 9.90 Å². The van der Waals surface area contributed by atoms with Gasteiger partial charge in [-0.15, -0.1) is 0 Å². The van der Waals surface area contributed by atoms with Crippen LogP contribution in [0.2, 0.25) is 0 Å². The number of nitrogens with one attached hydrogen (secondary N) is 1. The monoisotopic (exact) mass is 443 g/mol. The third-order valence-corrected chi connectivity index (χ3v) is 6.50. The number of aromatic nitrogens is 2. The van der Waals surface area contributed by atoms with Gasteiger partial charge in [-0.1, -0.05) is 75.4 Å². The second kappa shape index (κ2) is 10.6. The summed E-state index contributed by atoms with van der Waals surface area (Å²) in [5.74, 6) is 1.59. The Bertz CT molecular complexity index is 1100. The molecule has 1 aromatic heterocycles. The number of amides is 1. The van der Waals surface area contributed by atoms with Crippen LogP contribution >= 0.6 is 0 Å². The van der Waals surface area contributed by atoms with Crippen molar-refractivity contribution in [3.8, 4) is 17.0 Å². The zero-order valence-corrected chi connectivity index (χ0v) is 19.6. The van der Waals surface area contributed by atoms with E-state index in [1.807, 2.05) is 19.1 Å². The van der Waals surface area contributed by atoms with E-state index in [1.54, 1.807) is 24.3 Å². The Morgan fingerprint density at radius 3 is 2.42 bits per heavy atom. The van der Waals surface area contributed by atoms with Crippen LogP contribution in [0.3, 0.4) is 0 Å². The van der Waals surface area contributed by atoms with Crippen LogP contribution in [0.25, 0.3) is 11.3 Å². The van der Waals surface area contributed by atoms with Crippen molar-refractivity contribution in [3.63, 3.8) is 0 Å². The molecule has 0 atom stereocenters. The molecule has 0 aliphatic heterocycles. The summed E-state index contributed by atoms with van der Waals surface area (Å²) in [6, 6.07) is 14.9. The number of nitrogens with zero attached hydrogens (tertiary/aromatic N) is 2. The number of phenolic OH excluding ortho intramolecular Hbond substituents is 1. The van der Waals surface area contributed by atoms with Gasteiger partial charge in [-0.2, -0.15) is 0 Å². The predicted molar refractivity (Wildman–Crippen MR) is 132 cm³/mol. The molecule has 5 nitrogen and oxygen atoms in total. The van der Waals surface area contributed by atoms with E-state index < -0.39 is 0 Å². The first-order valence-corrected chi connectivity index (χ1v) is 12.0. The lowest BCUT2D eigenvalue weighted by molar-refractivity contribution is -0.115. The van der Waals surface area contributed by atoms with Crippen LogP contribution in [-0.4, -0.2) is 21.0 Å². The summed E-state index contributed by atoms with van der Waals surface area (Å²) in [5.41, 5.74) is 5.80. The van der Waals surface area contributed by atoms with Crippen molar-refractivity contribution in [2.24, 2.45) is 5.92 Å². The number of hydrogen-bond donors (Lipinski definition) is 2. The first kappa shape index (κ1) is 23.0. The van der Waals surface area contributed by atoms with E-state index in [1.165, 1.54) is 37.7 Å². The van der Waals surface area contributed by atoms with E-state index in [0.717, 1.165) is 41.3 Å². The largest absolute Gasteiger partial charge is 0.508 e. The molecule has 2 aliphatic carbocycles. The van der Waals surface area contributed by atoms with E-state index in [0.29, 0.717) is 11.5 Å². The Kier molecular flexibility index (Phi) is 7.38. The summed E-state index contributed by atoms with van der Waals surface area (Å²) in [6.07, 6.45) is 9.41. The number of anilines is 1. The van der Waals surface area contributed by atoms with Gasteiger partial charge >= 0.3 is 0 Å². The minimum atomic E-state index is -0.149. The fourth-order valence-electron chi connectivity index (χ4n) is 4.57. The number of carbonyl (C=O) groups is 1. The Morgan fingerprint density at radius 1 is 1.00 bits per heavy atom. The van der Waals surface area contributed by atoms with Crippen molar-refractivity contribution in [2.45, 2.75) is 65.2 Å². The first-order valence-electron chi connectivity index (χ1n) is 12.0. The Morgan fingerprint density at radius 2 is 1.73 bits per heavy atom. The molecule has 5 rings (SSSR count). The van der Waals surface area contributed by atoms with Crippen LogP contribution in [0.4, 0.5) is 5.82 Å². The van der Waals surface area contributed by atoms with E-state index in [-0.39, 0.29) is 18.1 Å². The maximum atomic E-state index is 12.3. The molecule has 0 unspecified atom stereocenters. The van der Waals surface area contributed by atoms with Gasteiger partial charge < -0.3 is 10.4 Å². The van der Waals surface area contributed by atoms with Crippen molar-refractivity contribution < 1.29 is 9.90 Å². The lowest BCUT2D eigenvalue weighted by atomic mass is 9.91. The van der Waals surface area contributed by atoms with Crippen molar-refractivity contribution in [2.75, 3.05) is 5.32 Å². The lowest BCUT2D eigenvalue weighted by Gasteiger charge is -2.20. The molecule has 1 fully saturated rings. The summed E-state index contributed by atoms with van der Waals surface area (Å²) < 4.78 is 0. The van der Waals surface area contributed by atoms with E-state index in [4.69, 9.17) is 4.98 Å². The molecule has 2 aromatic carbocycles. The predicted octanol–water partition coefficient (Wildman–Crippen LogP) is 6.02. The molecule has 1 saturated carbocycles. The molecule has 0 saturated heterocycles. The van der Waals surface area contributed by atoms with Gasteiger partial charge in [0.2, 0.25) is 5.91 Å². The van der Waals surface area contributed by atoms with Crippen LogP contribution in [0.5, 0.6) is 5.75 Å². The summed E-state index contributed by atoms with van der Waals surface area (Å²) >= 11 is 0. The molecule has 1 amide bonds. The molecule has 172 valence electrons. The summed E-state index contributed by atoms with van der Waals surface area (Å²) in [4.78, 5) is 21.7. The number of aromatic hydroxyl groups is 1. The van der Waals surface area contributed by atoms with Gasteiger partial charge in [0.1, 0.15) is 5.75 Å². The number of fused-ring (bicyclic) bond motifs is 3. The quantitative estimate of drug-likeness (QED) is 0.519. The number of benzene rings is 2. The fourth-order valence-corrected chi connectivity index (χ4v) is 4.57. The second-order valence-electron chi connectivity index (χ2n) is 9.24. The van der Waals surface area contributed by atoms with Gasteiger partial charge in [0, 0.05) is 5.56 Å². The zero-order valence-electron chi connectivity index (χ0n) is 19.6. The maximum absolute atomic E-state index is 12.3. The van der Waals surface area contributed by atoms with Crippen LogP contribution < -0.4 is 5.32 Å². The molecule has 0 radical (unpaired) electrons. The molecule has 2 aliphatic rings. The average Bonchev–Trinajstić information content (AvgIpc) is 2.82. The topological polar surface area (TPSA) is 75.1 Å². The summed E-state index contributed by atoms with van der Waals surface area (Å²) in [6.45, 7) is 4.22. The van der Waals surface area contributed by atoms with Gasteiger partial charge in [-0.3, -0.25) is 4.79 Å². The van der Waals surface area contributed by atoms with Crippen LogP contribution in [0.15, 0.2) is 48.5 Å². The number of hydrogen-bond acceptors (Lipinski definition) is 4. The lowest BCUT2D eigenvalue weighted by Crippen LogP contribution is -2.18. The molecule has 0 spiro atoms. The smallest absolute Gasteiger partial charge is 0.229 e. The minimum Gasteiger partial charge on any atom is -0.508 e. The highest BCUT2D eigenvalue weighted by Gasteiger charge is 2.20. The molecular formula is C28H33N3O2. The fraction of sp³-hybridized carbons (Fsp3) is 0.393. The number of phenols is 1. The zero-order chi connectivity index (χ0) is 23.2. The number of carbonyl (C=O) groups excluding carboxylic acids is 1. The Hall–Kier alpha value is -3.21. The molecule has 0 bridgehead atoms.